The molecule has 2 saturated heterocycles. The summed E-state index contributed by atoms with van der Waals surface area (Å²) in [5.41, 5.74) is 3.46. The van der Waals surface area contributed by atoms with E-state index in [2.05, 4.69) is 15.0 Å². The molecule has 4 rings (SSSR count). The van der Waals surface area contributed by atoms with Gasteiger partial charge in [0, 0.05) is 48.8 Å². The fraction of sp³-hybridized carbons (Fsp3) is 0.591. The third kappa shape index (κ3) is 4.51. The molecule has 0 aliphatic carbocycles. The fourth-order valence-electron chi connectivity index (χ4n) is 4.62. The van der Waals surface area contributed by atoms with Crippen molar-refractivity contribution in [1.29, 1.82) is 0 Å². The van der Waals surface area contributed by atoms with Crippen molar-refractivity contribution < 1.29 is 9.53 Å². The van der Waals surface area contributed by atoms with Crippen LogP contribution in [0.3, 0.4) is 0 Å². The Hall–Kier alpha value is -2.25. The second kappa shape index (κ2) is 8.63. The van der Waals surface area contributed by atoms with Gasteiger partial charge in [0.2, 0.25) is 0 Å². The molecule has 0 unspecified atom stereocenters. The first-order valence-electron chi connectivity index (χ1n) is 10.6. The maximum atomic E-state index is 13.5. The Morgan fingerprint density at radius 1 is 1.14 bits per heavy atom. The molecule has 2 atom stereocenters. The highest BCUT2D eigenvalue weighted by molar-refractivity contribution is 5.94. The molecular formula is C22H31N5O2. The van der Waals surface area contributed by atoms with Gasteiger partial charge in [-0.15, -0.1) is 0 Å². The summed E-state index contributed by atoms with van der Waals surface area (Å²) in [4.78, 5) is 22.4. The van der Waals surface area contributed by atoms with E-state index in [1.54, 1.807) is 4.68 Å². The first-order chi connectivity index (χ1) is 14.0. The van der Waals surface area contributed by atoms with E-state index in [0.29, 0.717) is 18.7 Å². The summed E-state index contributed by atoms with van der Waals surface area (Å²) in [6.07, 6.45) is 7.60. The van der Waals surface area contributed by atoms with E-state index < -0.39 is 0 Å². The lowest BCUT2D eigenvalue weighted by Crippen LogP contribution is -2.52. The SMILES string of the molecule is Cc1cc(C(=O)N2CCO[C@@H](CN3CCCCC3)[C@@H]2c2cnn(C)c2)cc(C)n1. The van der Waals surface area contributed by atoms with E-state index in [9.17, 15) is 4.79 Å². The molecule has 2 aromatic rings. The molecule has 0 saturated carbocycles. The number of rotatable bonds is 4. The predicted octanol–water partition coefficient (Wildman–Crippen LogP) is 2.50. The van der Waals surface area contributed by atoms with Crippen molar-refractivity contribution in [2.45, 2.75) is 45.3 Å². The van der Waals surface area contributed by atoms with Crippen LogP contribution in [-0.2, 0) is 11.8 Å². The number of amides is 1. The lowest BCUT2D eigenvalue weighted by atomic mass is 9.98. The molecule has 1 amide bonds. The topological polar surface area (TPSA) is 63.5 Å². The second-order valence-corrected chi connectivity index (χ2v) is 8.30. The second-order valence-electron chi connectivity index (χ2n) is 8.30. The molecular weight excluding hydrogens is 366 g/mol. The number of ether oxygens (including phenoxy) is 1. The maximum absolute atomic E-state index is 13.5. The summed E-state index contributed by atoms with van der Waals surface area (Å²) in [5.74, 6) is 0.0411. The number of piperidine rings is 1. The number of carbonyl (C=O) groups excluding carboxylic acids is 1. The zero-order valence-corrected chi connectivity index (χ0v) is 17.7. The van der Waals surface area contributed by atoms with Crippen molar-refractivity contribution in [3.63, 3.8) is 0 Å². The quantitative estimate of drug-likeness (QED) is 0.793. The third-order valence-corrected chi connectivity index (χ3v) is 5.89. The third-order valence-electron chi connectivity index (χ3n) is 5.89. The molecule has 2 aromatic heterocycles. The minimum atomic E-state index is -0.138. The first-order valence-corrected chi connectivity index (χ1v) is 10.6. The highest BCUT2D eigenvalue weighted by atomic mass is 16.5. The molecule has 29 heavy (non-hydrogen) atoms. The lowest BCUT2D eigenvalue weighted by Gasteiger charge is -2.43. The minimum Gasteiger partial charge on any atom is -0.373 e. The standard InChI is InChI=1S/C22H31N5O2/c1-16-11-18(12-17(2)24-16)22(28)27-9-10-29-20(15-26-7-5-4-6-8-26)21(27)19-13-23-25(3)14-19/h11-14,20-21H,4-10,15H2,1-3H3/t20-,21-/m0/s1. The Bertz CT molecular complexity index is 838. The van der Waals surface area contributed by atoms with Crippen LogP contribution in [0.25, 0.3) is 0 Å². The minimum absolute atomic E-state index is 0.0411. The lowest BCUT2D eigenvalue weighted by molar-refractivity contribution is -0.0741. The molecule has 0 bridgehead atoms. The number of aromatic nitrogens is 3. The molecule has 0 N–H and O–H groups in total. The van der Waals surface area contributed by atoms with Crippen LogP contribution < -0.4 is 0 Å². The summed E-state index contributed by atoms with van der Waals surface area (Å²) in [5, 5.41) is 4.37. The van der Waals surface area contributed by atoms with Crippen LogP contribution in [0.4, 0.5) is 0 Å². The maximum Gasteiger partial charge on any atom is 0.254 e. The number of morpholine rings is 1. The van der Waals surface area contributed by atoms with Crippen molar-refractivity contribution in [2.75, 3.05) is 32.8 Å². The molecule has 2 fully saturated rings. The predicted molar refractivity (Wildman–Crippen MR) is 111 cm³/mol. The average Bonchev–Trinajstić information content (AvgIpc) is 3.13. The van der Waals surface area contributed by atoms with E-state index in [0.717, 1.165) is 36.6 Å². The molecule has 7 heteroatoms. The Balaban J connectivity index is 1.64. The number of pyridine rings is 1. The molecule has 156 valence electrons. The van der Waals surface area contributed by atoms with Gasteiger partial charge in [0.25, 0.3) is 5.91 Å². The van der Waals surface area contributed by atoms with Crippen molar-refractivity contribution >= 4 is 5.91 Å². The van der Waals surface area contributed by atoms with Crippen molar-refractivity contribution in [2.24, 2.45) is 7.05 Å². The molecule has 2 aliphatic heterocycles. The van der Waals surface area contributed by atoms with E-state index in [1.165, 1.54) is 19.3 Å². The number of hydrogen-bond acceptors (Lipinski definition) is 5. The molecule has 0 spiro atoms. The fourth-order valence-corrected chi connectivity index (χ4v) is 4.62. The van der Waals surface area contributed by atoms with Crippen LogP contribution in [0.1, 0.15) is 52.6 Å². The van der Waals surface area contributed by atoms with Crippen LogP contribution in [0.2, 0.25) is 0 Å². The number of aryl methyl sites for hydroxylation is 3. The highest BCUT2D eigenvalue weighted by Crippen LogP contribution is 2.32. The summed E-state index contributed by atoms with van der Waals surface area (Å²) in [6.45, 7) is 8.06. The van der Waals surface area contributed by atoms with Gasteiger partial charge in [-0.05, 0) is 51.9 Å². The van der Waals surface area contributed by atoms with Gasteiger partial charge in [0.05, 0.1) is 24.9 Å². The van der Waals surface area contributed by atoms with E-state index >= 15 is 0 Å². The Morgan fingerprint density at radius 3 is 2.52 bits per heavy atom. The first kappa shape index (κ1) is 20.0. The average molecular weight is 398 g/mol. The van der Waals surface area contributed by atoms with Crippen molar-refractivity contribution in [3.05, 3.63) is 47.0 Å². The molecule has 0 radical (unpaired) electrons. The van der Waals surface area contributed by atoms with E-state index in [4.69, 9.17) is 4.74 Å². The van der Waals surface area contributed by atoms with Crippen molar-refractivity contribution in [3.8, 4) is 0 Å². The normalized spacial score (nSPS) is 23.3. The van der Waals surface area contributed by atoms with Gasteiger partial charge in [-0.3, -0.25) is 14.5 Å². The van der Waals surface area contributed by atoms with Gasteiger partial charge in [-0.2, -0.15) is 5.10 Å². The zero-order chi connectivity index (χ0) is 20.4. The zero-order valence-electron chi connectivity index (χ0n) is 17.7. The number of likely N-dealkylation sites (tertiary alicyclic amines) is 1. The Labute approximate surface area is 172 Å². The van der Waals surface area contributed by atoms with Crippen LogP contribution >= 0.6 is 0 Å². The molecule has 4 heterocycles. The molecule has 2 aliphatic rings. The van der Waals surface area contributed by atoms with E-state index in [1.807, 2.05) is 50.3 Å². The summed E-state index contributed by atoms with van der Waals surface area (Å²) < 4.78 is 8.03. The Morgan fingerprint density at radius 2 is 1.86 bits per heavy atom. The van der Waals surface area contributed by atoms with Crippen LogP contribution in [0, 0.1) is 13.8 Å². The van der Waals surface area contributed by atoms with Gasteiger partial charge in [0.1, 0.15) is 0 Å². The Kier molecular flexibility index (Phi) is 5.96. The smallest absolute Gasteiger partial charge is 0.254 e. The summed E-state index contributed by atoms with van der Waals surface area (Å²) in [6, 6.07) is 3.62. The van der Waals surface area contributed by atoms with Crippen LogP contribution in [-0.4, -0.2) is 69.4 Å². The van der Waals surface area contributed by atoms with Gasteiger partial charge >= 0.3 is 0 Å². The van der Waals surface area contributed by atoms with Crippen LogP contribution in [0.15, 0.2) is 24.5 Å². The van der Waals surface area contributed by atoms with Gasteiger partial charge in [0.15, 0.2) is 0 Å². The molecule has 7 nitrogen and oxygen atoms in total. The van der Waals surface area contributed by atoms with Gasteiger partial charge in [-0.25, -0.2) is 0 Å². The highest BCUT2D eigenvalue weighted by Gasteiger charge is 2.38. The van der Waals surface area contributed by atoms with Crippen LogP contribution in [0.5, 0.6) is 0 Å². The van der Waals surface area contributed by atoms with Crippen molar-refractivity contribution in [1.82, 2.24) is 24.6 Å². The summed E-state index contributed by atoms with van der Waals surface area (Å²) in [7, 11) is 1.91. The largest absolute Gasteiger partial charge is 0.373 e. The van der Waals surface area contributed by atoms with Gasteiger partial charge in [-0.1, -0.05) is 6.42 Å². The van der Waals surface area contributed by atoms with E-state index in [-0.39, 0.29) is 18.1 Å². The number of nitrogens with zero attached hydrogens (tertiary/aromatic N) is 5. The van der Waals surface area contributed by atoms with Gasteiger partial charge < -0.3 is 14.5 Å². The summed E-state index contributed by atoms with van der Waals surface area (Å²) >= 11 is 0. The number of hydrogen-bond donors (Lipinski definition) is 0. The number of carbonyl (C=O) groups is 1. The monoisotopic (exact) mass is 397 g/mol. The molecule has 0 aromatic carbocycles.